The van der Waals surface area contributed by atoms with E-state index in [4.69, 9.17) is 0 Å². The lowest BCUT2D eigenvalue weighted by Crippen LogP contribution is -2.19. The van der Waals surface area contributed by atoms with Crippen molar-refractivity contribution in [3.8, 4) is 0 Å². The summed E-state index contributed by atoms with van der Waals surface area (Å²) in [7, 11) is 1.85. The molecule has 1 aliphatic carbocycles. The second kappa shape index (κ2) is 5.94. The zero-order chi connectivity index (χ0) is 14.8. The van der Waals surface area contributed by atoms with E-state index >= 15 is 0 Å². The van der Waals surface area contributed by atoms with Crippen LogP contribution in [0, 0.1) is 11.6 Å². The van der Waals surface area contributed by atoms with E-state index in [9.17, 15) is 8.78 Å². The van der Waals surface area contributed by atoms with Crippen LogP contribution in [0.25, 0.3) is 0 Å². The van der Waals surface area contributed by atoms with Gasteiger partial charge in [0, 0.05) is 6.04 Å². The predicted molar refractivity (Wildman–Crippen MR) is 80.3 cm³/mol. The number of benzene rings is 2. The van der Waals surface area contributed by atoms with E-state index in [0.29, 0.717) is 0 Å². The van der Waals surface area contributed by atoms with Gasteiger partial charge in [-0.25, -0.2) is 8.78 Å². The molecule has 1 N–H and O–H groups in total. The third kappa shape index (κ3) is 2.98. The molecule has 3 rings (SSSR count). The Balaban J connectivity index is 1.82. The first-order valence-electron chi connectivity index (χ1n) is 7.40. The van der Waals surface area contributed by atoms with Crippen LogP contribution in [0.1, 0.15) is 34.7 Å². The molecule has 1 atom stereocenters. The average Bonchev–Trinajstić information content (AvgIpc) is 2.95. The van der Waals surface area contributed by atoms with Crippen LogP contribution in [0.5, 0.6) is 0 Å². The molecule has 0 bridgehead atoms. The SMILES string of the molecule is CNC(Cc1ccc2c(c1)CCC2)c1ccc(F)c(F)c1. The van der Waals surface area contributed by atoms with Gasteiger partial charge in [0.05, 0.1) is 0 Å². The third-order valence-corrected chi connectivity index (χ3v) is 4.30. The highest BCUT2D eigenvalue weighted by Crippen LogP contribution is 2.26. The van der Waals surface area contributed by atoms with Crippen molar-refractivity contribution in [3.05, 3.63) is 70.3 Å². The zero-order valence-electron chi connectivity index (χ0n) is 12.1. The summed E-state index contributed by atoms with van der Waals surface area (Å²) in [5.74, 6) is -1.59. The first-order chi connectivity index (χ1) is 10.2. The second-order valence-electron chi connectivity index (χ2n) is 5.68. The highest BCUT2D eigenvalue weighted by atomic mass is 19.2. The fraction of sp³-hybridized carbons (Fsp3) is 0.333. The van der Waals surface area contributed by atoms with E-state index in [1.807, 2.05) is 7.05 Å². The Morgan fingerprint density at radius 1 is 1.00 bits per heavy atom. The fourth-order valence-corrected chi connectivity index (χ4v) is 3.10. The largest absolute Gasteiger partial charge is 0.313 e. The second-order valence-corrected chi connectivity index (χ2v) is 5.68. The van der Waals surface area contributed by atoms with Crippen LogP contribution in [0.15, 0.2) is 36.4 Å². The van der Waals surface area contributed by atoms with Gasteiger partial charge in [0.1, 0.15) is 0 Å². The van der Waals surface area contributed by atoms with E-state index in [2.05, 4.69) is 23.5 Å². The summed E-state index contributed by atoms with van der Waals surface area (Å²) in [5.41, 5.74) is 4.90. The minimum atomic E-state index is -0.800. The van der Waals surface area contributed by atoms with Gasteiger partial charge >= 0.3 is 0 Å². The number of halogens is 2. The fourth-order valence-electron chi connectivity index (χ4n) is 3.10. The Bertz CT molecular complexity index is 652. The molecule has 21 heavy (non-hydrogen) atoms. The molecule has 1 nitrogen and oxygen atoms in total. The molecule has 0 saturated carbocycles. The van der Waals surface area contributed by atoms with Gasteiger partial charge in [-0.2, -0.15) is 0 Å². The van der Waals surface area contributed by atoms with Crippen LogP contribution in [0.2, 0.25) is 0 Å². The van der Waals surface area contributed by atoms with Crippen molar-refractivity contribution < 1.29 is 8.78 Å². The highest BCUT2D eigenvalue weighted by Gasteiger charge is 2.15. The Kier molecular flexibility index (Phi) is 4.02. The molecule has 0 aliphatic heterocycles. The van der Waals surface area contributed by atoms with E-state index < -0.39 is 11.6 Å². The molecule has 0 radical (unpaired) electrons. The number of hydrogen-bond donors (Lipinski definition) is 1. The van der Waals surface area contributed by atoms with Crippen molar-refractivity contribution in [2.45, 2.75) is 31.7 Å². The maximum Gasteiger partial charge on any atom is 0.159 e. The normalized spacial score (nSPS) is 15.0. The predicted octanol–water partition coefficient (Wildman–Crippen LogP) is 3.96. The summed E-state index contributed by atoms with van der Waals surface area (Å²) in [6.07, 6.45) is 4.33. The van der Waals surface area contributed by atoms with Crippen LogP contribution >= 0.6 is 0 Å². The molecule has 1 unspecified atom stereocenters. The van der Waals surface area contributed by atoms with Crippen LogP contribution < -0.4 is 5.32 Å². The standard InChI is InChI=1S/C18H19F2N/c1-21-18(15-7-8-16(19)17(20)11-15)10-12-5-6-13-3-2-4-14(13)9-12/h5-9,11,18,21H,2-4,10H2,1H3. The molecule has 0 saturated heterocycles. The van der Waals surface area contributed by atoms with Gasteiger partial charge in [0.25, 0.3) is 0 Å². The van der Waals surface area contributed by atoms with E-state index in [1.165, 1.54) is 41.7 Å². The molecule has 0 spiro atoms. The van der Waals surface area contributed by atoms with Crippen molar-refractivity contribution >= 4 is 0 Å². The Morgan fingerprint density at radius 2 is 1.81 bits per heavy atom. The van der Waals surface area contributed by atoms with Crippen molar-refractivity contribution in [1.82, 2.24) is 5.32 Å². The molecule has 110 valence electrons. The van der Waals surface area contributed by atoms with Gasteiger partial charge in [-0.1, -0.05) is 24.3 Å². The van der Waals surface area contributed by atoms with Crippen LogP contribution in [-0.2, 0) is 19.3 Å². The number of fused-ring (bicyclic) bond motifs is 1. The summed E-state index contributed by atoms with van der Waals surface area (Å²) < 4.78 is 26.4. The molecule has 1 aliphatic rings. The number of nitrogens with one attached hydrogen (secondary N) is 1. The van der Waals surface area contributed by atoms with Gasteiger partial charge in [-0.3, -0.25) is 0 Å². The minimum absolute atomic E-state index is 0.0143. The summed E-state index contributed by atoms with van der Waals surface area (Å²) in [6.45, 7) is 0. The maximum atomic E-state index is 13.4. The van der Waals surface area contributed by atoms with E-state index in [1.54, 1.807) is 6.07 Å². The van der Waals surface area contributed by atoms with Crippen LogP contribution in [0.4, 0.5) is 8.78 Å². The minimum Gasteiger partial charge on any atom is -0.313 e. The summed E-state index contributed by atoms with van der Waals surface area (Å²) in [4.78, 5) is 0. The number of likely N-dealkylation sites (N-methyl/N-ethyl adjacent to an activating group) is 1. The lowest BCUT2D eigenvalue weighted by atomic mass is 9.96. The summed E-state index contributed by atoms with van der Waals surface area (Å²) in [6, 6.07) is 10.7. The lowest BCUT2D eigenvalue weighted by Gasteiger charge is -2.17. The summed E-state index contributed by atoms with van der Waals surface area (Å²) >= 11 is 0. The van der Waals surface area contributed by atoms with Gasteiger partial charge in [0.2, 0.25) is 0 Å². The van der Waals surface area contributed by atoms with E-state index in [-0.39, 0.29) is 6.04 Å². The quantitative estimate of drug-likeness (QED) is 0.897. The Hall–Kier alpha value is -1.74. The van der Waals surface area contributed by atoms with Crippen molar-refractivity contribution in [2.75, 3.05) is 7.05 Å². The number of rotatable bonds is 4. The molecular formula is C18H19F2N. The zero-order valence-corrected chi connectivity index (χ0v) is 12.1. The van der Waals surface area contributed by atoms with E-state index in [0.717, 1.165) is 18.4 Å². The first kappa shape index (κ1) is 14.2. The molecule has 3 heteroatoms. The highest BCUT2D eigenvalue weighted by molar-refractivity contribution is 5.36. The van der Waals surface area contributed by atoms with Gasteiger partial charge < -0.3 is 5.32 Å². The van der Waals surface area contributed by atoms with Crippen LogP contribution in [-0.4, -0.2) is 7.05 Å². The smallest absolute Gasteiger partial charge is 0.159 e. The maximum absolute atomic E-state index is 13.4. The lowest BCUT2D eigenvalue weighted by molar-refractivity contribution is 0.501. The summed E-state index contributed by atoms with van der Waals surface area (Å²) in [5, 5.41) is 3.19. The van der Waals surface area contributed by atoms with Crippen molar-refractivity contribution in [1.29, 1.82) is 0 Å². The molecule has 0 heterocycles. The number of aryl methyl sites for hydroxylation is 2. The Morgan fingerprint density at radius 3 is 2.57 bits per heavy atom. The van der Waals surface area contributed by atoms with Crippen molar-refractivity contribution in [2.24, 2.45) is 0 Å². The average molecular weight is 287 g/mol. The molecular weight excluding hydrogens is 268 g/mol. The van der Waals surface area contributed by atoms with Gasteiger partial charge in [-0.15, -0.1) is 0 Å². The molecule has 2 aromatic carbocycles. The number of hydrogen-bond acceptors (Lipinski definition) is 1. The molecule has 0 fully saturated rings. The molecule has 0 amide bonds. The monoisotopic (exact) mass is 287 g/mol. The third-order valence-electron chi connectivity index (χ3n) is 4.30. The Labute approximate surface area is 124 Å². The van der Waals surface area contributed by atoms with Gasteiger partial charge in [-0.05, 0) is 67.1 Å². The van der Waals surface area contributed by atoms with Gasteiger partial charge in [0.15, 0.2) is 11.6 Å². The topological polar surface area (TPSA) is 12.0 Å². The molecule has 0 aromatic heterocycles. The van der Waals surface area contributed by atoms with Crippen LogP contribution in [0.3, 0.4) is 0 Å². The van der Waals surface area contributed by atoms with Crippen molar-refractivity contribution in [3.63, 3.8) is 0 Å². The molecule has 2 aromatic rings. The first-order valence-corrected chi connectivity index (χ1v) is 7.40.